The minimum absolute atomic E-state index is 0.0655. The zero-order valence-electron chi connectivity index (χ0n) is 17.1. The number of nitrogens with one attached hydrogen (secondary N) is 2. The van der Waals surface area contributed by atoms with Crippen LogP contribution in [0.2, 0.25) is 0 Å². The number of carbonyl (C=O) groups is 2. The molecule has 2 fully saturated rings. The lowest BCUT2D eigenvalue weighted by molar-refractivity contribution is -0.123. The van der Waals surface area contributed by atoms with Crippen molar-refractivity contribution in [2.24, 2.45) is 11.3 Å². The summed E-state index contributed by atoms with van der Waals surface area (Å²) in [4.78, 5) is 35.1. The molecule has 2 N–H and O–H groups in total. The fourth-order valence-electron chi connectivity index (χ4n) is 4.79. The molecule has 6 nitrogen and oxygen atoms in total. The maximum absolute atomic E-state index is 12.9. The Bertz CT molecular complexity index is 1110. The van der Waals surface area contributed by atoms with Gasteiger partial charge in [0.25, 0.3) is 5.91 Å². The minimum Gasteiger partial charge on any atom is -0.361 e. The van der Waals surface area contributed by atoms with Crippen molar-refractivity contribution in [2.75, 3.05) is 13.1 Å². The van der Waals surface area contributed by atoms with Gasteiger partial charge in [0.05, 0.1) is 12.2 Å². The number of aromatic amines is 1. The number of hydrogen-bond acceptors (Lipinski definition) is 3. The van der Waals surface area contributed by atoms with Crippen LogP contribution in [0.15, 0.2) is 48.7 Å². The summed E-state index contributed by atoms with van der Waals surface area (Å²) in [6.45, 7) is 3.85. The van der Waals surface area contributed by atoms with Crippen molar-refractivity contribution in [3.63, 3.8) is 0 Å². The third kappa shape index (κ3) is 3.47. The van der Waals surface area contributed by atoms with Gasteiger partial charge in [0.2, 0.25) is 5.91 Å². The standard InChI is InChI=1S/C24H26N4O2/c1-16-3-2-4-19(27-16)15-26-22(29)20-14-24(20)8-11-28(12-9-24)23(30)18-5-6-21-17(13-18)7-10-25-21/h2-7,10,13,20,25H,8-9,11-12,14-15H2,1H3,(H,26,29)/t20-/m0/s1. The van der Waals surface area contributed by atoms with E-state index in [1.54, 1.807) is 0 Å². The van der Waals surface area contributed by atoms with Crippen LogP contribution in [0.3, 0.4) is 0 Å². The van der Waals surface area contributed by atoms with Gasteiger partial charge in [-0.25, -0.2) is 0 Å². The zero-order chi connectivity index (χ0) is 20.7. The monoisotopic (exact) mass is 402 g/mol. The number of rotatable bonds is 4. The quantitative estimate of drug-likeness (QED) is 0.702. The van der Waals surface area contributed by atoms with Gasteiger partial charge in [0.15, 0.2) is 0 Å². The number of fused-ring (bicyclic) bond motifs is 1. The lowest BCUT2D eigenvalue weighted by atomic mass is 9.90. The van der Waals surface area contributed by atoms with Gasteiger partial charge >= 0.3 is 0 Å². The predicted molar refractivity (Wildman–Crippen MR) is 115 cm³/mol. The lowest BCUT2D eigenvalue weighted by Gasteiger charge is -2.33. The molecule has 6 heteroatoms. The second-order valence-electron chi connectivity index (χ2n) is 8.68. The van der Waals surface area contributed by atoms with Gasteiger partial charge < -0.3 is 15.2 Å². The molecule has 3 aromatic rings. The molecule has 154 valence electrons. The molecule has 2 aromatic heterocycles. The van der Waals surface area contributed by atoms with E-state index in [9.17, 15) is 9.59 Å². The molecule has 30 heavy (non-hydrogen) atoms. The summed E-state index contributed by atoms with van der Waals surface area (Å²) < 4.78 is 0. The molecule has 0 unspecified atom stereocenters. The van der Waals surface area contributed by atoms with Crippen LogP contribution in [0, 0.1) is 18.3 Å². The summed E-state index contributed by atoms with van der Waals surface area (Å²) in [7, 11) is 0. The van der Waals surface area contributed by atoms with Crippen LogP contribution >= 0.6 is 0 Å². The maximum atomic E-state index is 12.9. The Kier molecular flexibility index (Phi) is 4.57. The van der Waals surface area contributed by atoms with Crippen LogP contribution in [-0.2, 0) is 11.3 Å². The van der Waals surface area contributed by atoms with Crippen LogP contribution in [0.4, 0.5) is 0 Å². The first-order chi connectivity index (χ1) is 14.5. The molecule has 5 rings (SSSR count). The first-order valence-corrected chi connectivity index (χ1v) is 10.6. The number of piperidine rings is 1. The van der Waals surface area contributed by atoms with Gasteiger partial charge in [0, 0.05) is 47.4 Å². The Labute approximate surface area is 175 Å². The molecule has 2 amide bonds. The fraction of sp³-hybridized carbons (Fsp3) is 0.375. The average molecular weight is 402 g/mol. The molecule has 3 heterocycles. The summed E-state index contributed by atoms with van der Waals surface area (Å²) in [5, 5.41) is 4.10. The Morgan fingerprint density at radius 3 is 2.83 bits per heavy atom. The second-order valence-corrected chi connectivity index (χ2v) is 8.68. The van der Waals surface area contributed by atoms with Crippen molar-refractivity contribution >= 4 is 22.7 Å². The fourth-order valence-corrected chi connectivity index (χ4v) is 4.79. The molecule has 1 spiro atoms. The van der Waals surface area contributed by atoms with E-state index in [1.165, 1.54) is 0 Å². The number of hydrogen-bond donors (Lipinski definition) is 2. The normalized spacial score (nSPS) is 19.8. The summed E-state index contributed by atoms with van der Waals surface area (Å²) in [5.41, 5.74) is 3.69. The van der Waals surface area contributed by atoms with Crippen molar-refractivity contribution in [2.45, 2.75) is 32.7 Å². The van der Waals surface area contributed by atoms with Gasteiger partial charge in [-0.05, 0) is 68.0 Å². The van der Waals surface area contributed by atoms with Gasteiger partial charge in [-0.3, -0.25) is 14.6 Å². The highest BCUT2D eigenvalue weighted by Gasteiger charge is 2.58. The maximum Gasteiger partial charge on any atom is 0.253 e. The second kappa shape index (κ2) is 7.27. The zero-order valence-corrected chi connectivity index (χ0v) is 17.1. The number of likely N-dealkylation sites (tertiary alicyclic amines) is 1. The molecule has 0 bridgehead atoms. The first-order valence-electron chi connectivity index (χ1n) is 10.6. The van der Waals surface area contributed by atoms with E-state index in [0.717, 1.165) is 47.1 Å². The van der Waals surface area contributed by atoms with Crippen molar-refractivity contribution in [1.29, 1.82) is 0 Å². The van der Waals surface area contributed by atoms with E-state index < -0.39 is 0 Å². The number of aryl methyl sites for hydroxylation is 1. The van der Waals surface area contributed by atoms with Crippen LogP contribution < -0.4 is 5.32 Å². The van der Waals surface area contributed by atoms with Crippen LogP contribution in [0.5, 0.6) is 0 Å². The highest BCUT2D eigenvalue weighted by molar-refractivity contribution is 5.98. The number of pyridine rings is 1. The van der Waals surface area contributed by atoms with Gasteiger partial charge in [-0.1, -0.05) is 6.07 Å². The van der Waals surface area contributed by atoms with Crippen molar-refractivity contribution in [3.05, 3.63) is 65.6 Å². The molecule has 1 saturated heterocycles. The number of benzene rings is 1. The largest absolute Gasteiger partial charge is 0.361 e. The first kappa shape index (κ1) is 18.9. The number of aromatic nitrogens is 2. The highest BCUT2D eigenvalue weighted by Crippen LogP contribution is 2.59. The van der Waals surface area contributed by atoms with E-state index >= 15 is 0 Å². The van der Waals surface area contributed by atoms with Gasteiger partial charge in [-0.15, -0.1) is 0 Å². The van der Waals surface area contributed by atoms with Crippen molar-refractivity contribution in [3.8, 4) is 0 Å². The summed E-state index contributed by atoms with van der Waals surface area (Å²) >= 11 is 0. The molecule has 1 aromatic carbocycles. The van der Waals surface area contributed by atoms with Crippen molar-refractivity contribution in [1.82, 2.24) is 20.2 Å². The molecule has 1 saturated carbocycles. The smallest absolute Gasteiger partial charge is 0.253 e. The lowest BCUT2D eigenvalue weighted by Crippen LogP contribution is -2.40. The highest BCUT2D eigenvalue weighted by atomic mass is 16.2. The van der Waals surface area contributed by atoms with E-state index in [0.29, 0.717) is 19.6 Å². The van der Waals surface area contributed by atoms with Crippen LogP contribution in [-0.4, -0.2) is 39.8 Å². The third-order valence-electron chi connectivity index (χ3n) is 6.74. The third-order valence-corrected chi connectivity index (χ3v) is 6.74. The number of H-pyrrole nitrogens is 1. The molecule has 1 aliphatic heterocycles. The average Bonchev–Trinajstić information content (AvgIpc) is 3.24. The van der Waals surface area contributed by atoms with Gasteiger partial charge in [-0.2, -0.15) is 0 Å². The topological polar surface area (TPSA) is 78.1 Å². The van der Waals surface area contributed by atoms with Gasteiger partial charge in [0.1, 0.15) is 0 Å². The van der Waals surface area contributed by atoms with E-state index in [1.807, 2.05) is 60.5 Å². The molecule has 1 atom stereocenters. The van der Waals surface area contributed by atoms with Crippen LogP contribution in [0.25, 0.3) is 10.9 Å². The van der Waals surface area contributed by atoms with Crippen molar-refractivity contribution < 1.29 is 9.59 Å². The Balaban J connectivity index is 1.16. The Hall–Kier alpha value is -3.15. The van der Waals surface area contributed by atoms with E-state index in [2.05, 4.69) is 15.3 Å². The molecular weight excluding hydrogens is 376 g/mol. The molecule has 2 aliphatic rings. The number of carbonyl (C=O) groups excluding carboxylic acids is 2. The molecular formula is C24H26N4O2. The summed E-state index contributed by atoms with van der Waals surface area (Å²) in [6, 6.07) is 13.6. The predicted octanol–water partition coefficient (Wildman–Crippen LogP) is 3.43. The molecule has 0 radical (unpaired) electrons. The number of amides is 2. The van der Waals surface area contributed by atoms with E-state index in [4.69, 9.17) is 0 Å². The number of nitrogens with zero attached hydrogens (tertiary/aromatic N) is 2. The SMILES string of the molecule is Cc1cccc(CNC(=O)[C@@H]2CC23CCN(C(=O)c2ccc4[nH]ccc4c2)CC3)n1. The minimum atomic E-state index is 0.0655. The Morgan fingerprint density at radius 2 is 2.03 bits per heavy atom. The molecule has 1 aliphatic carbocycles. The van der Waals surface area contributed by atoms with Crippen LogP contribution in [0.1, 0.15) is 41.0 Å². The summed E-state index contributed by atoms with van der Waals surface area (Å²) in [5.74, 6) is 0.270. The summed E-state index contributed by atoms with van der Waals surface area (Å²) in [6.07, 6.45) is 4.60. The Morgan fingerprint density at radius 1 is 1.20 bits per heavy atom. The van der Waals surface area contributed by atoms with E-state index in [-0.39, 0.29) is 23.1 Å².